The van der Waals surface area contributed by atoms with Crippen LogP contribution in [0.25, 0.3) is 10.2 Å². The molecule has 6 rings (SSSR count). The molecule has 0 radical (unpaired) electrons. The summed E-state index contributed by atoms with van der Waals surface area (Å²) in [5.41, 5.74) is 6.16. The van der Waals surface area contributed by atoms with Crippen LogP contribution in [0.4, 0.5) is 0 Å². The van der Waals surface area contributed by atoms with Gasteiger partial charge < -0.3 is 19.9 Å². The molecule has 0 unspecified atom stereocenters. The van der Waals surface area contributed by atoms with Crippen molar-refractivity contribution in [2.45, 2.75) is 39.2 Å². The molecule has 224 valence electrons. The summed E-state index contributed by atoms with van der Waals surface area (Å²) in [6, 6.07) is 15.4. The van der Waals surface area contributed by atoms with Crippen molar-refractivity contribution in [2.75, 3.05) is 39.3 Å². The molecule has 1 saturated heterocycles. The van der Waals surface area contributed by atoms with Crippen LogP contribution in [0.1, 0.15) is 46.1 Å². The van der Waals surface area contributed by atoms with Crippen LogP contribution in [0.3, 0.4) is 0 Å². The third kappa shape index (κ3) is 6.41. The van der Waals surface area contributed by atoms with Gasteiger partial charge in [0.05, 0.1) is 33.9 Å². The summed E-state index contributed by atoms with van der Waals surface area (Å²) in [5, 5.41) is 7.55. The van der Waals surface area contributed by atoms with Gasteiger partial charge in [-0.25, -0.2) is 4.98 Å². The van der Waals surface area contributed by atoms with Crippen LogP contribution >= 0.6 is 11.3 Å². The molecular formula is C32H36N6O4S. The summed E-state index contributed by atoms with van der Waals surface area (Å²) in [6.45, 7) is 6.92. The molecule has 0 spiro atoms. The number of hydrogen-bond acceptors (Lipinski definition) is 7. The molecule has 43 heavy (non-hydrogen) atoms. The van der Waals surface area contributed by atoms with E-state index in [2.05, 4.69) is 15.4 Å². The quantitative estimate of drug-likeness (QED) is 0.382. The highest BCUT2D eigenvalue weighted by molar-refractivity contribution is 7.16. The van der Waals surface area contributed by atoms with Gasteiger partial charge in [-0.15, -0.1) is 11.3 Å². The lowest BCUT2D eigenvalue weighted by Gasteiger charge is -2.25. The normalized spacial score (nSPS) is 19.4. The van der Waals surface area contributed by atoms with Crippen molar-refractivity contribution in [1.82, 2.24) is 29.9 Å². The Morgan fingerprint density at radius 3 is 2.74 bits per heavy atom. The number of benzene rings is 2. The third-order valence-electron chi connectivity index (χ3n) is 8.32. The second kappa shape index (κ2) is 12.5. The number of rotatable bonds is 4. The van der Waals surface area contributed by atoms with Gasteiger partial charge >= 0.3 is 0 Å². The van der Waals surface area contributed by atoms with Gasteiger partial charge in [0.25, 0.3) is 5.91 Å². The Bertz CT molecular complexity index is 1650. The highest BCUT2D eigenvalue weighted by Gasteiger charge is 2.41. The predicted molar refractivity (Wildman–Crippen MR) is 164 cm³/mol. The fraction of sp³-hybridized carbons (Fsp3) is 0.406. The minimum Gasteiger partial charge on any atom is -0.494 e. The molecule has 1 N–H and O–H groups in total. The maximum absolute atomic E-state index is 13.6. The minimum absolute atomic E-state index is 0.0179. The lowest BCUT2D eigenvalue weighted by molar-refractivity contribution is -0.132. The Hall–Kier alpha value is -4.25. The first-order valence-electron chi connectivity index (χ1n) is 14.8. The topological polar surface area (TPSA) is 110 Å². The molecule has 0 saturated carbocycles. The van der Waals surface area contributed by atoms with Gasteiger partial charge in [-0.1, -0.05) is 12.1 Å². The van der Waals surface area contributed by atoms with E-state index in [9.17, 15) is 14.4 Å². The zero-order chi connectivity index (χ0) is 29.9. The molecule has 4 aromatic rings. The third-order valence-corrected chi connectivity index (χ3v) is 9.12. The van der Waals surface area contributed by atoms with E-state index in [1.165, 1.54) is 11.3 Å². The maximum Gasteiger partial charge on any atom is 0.253 e. The molecule has 2 aromatic heterocycles. The number of thiazole rings is 1. The Balaban J connectivity index is 1.18. The van der Waals surface area contributed by atoms with Gasteiger partial charge in [0, 0.05) is 62.9 Å². The van der Waals surface area contributed by atoms with Crippen molar-refractivity contribution in [3.8, 4) is 5.75 Å². The summed E-state index contributed by atoms with van der Waals surface area (Å²) in [4.78, 5) is 48.4. The molecule has 0 aliphatic carbocycles. The van der Waals surface area contributed by atoms with Crippen molar-refractivity contribution in [3.05, 3.63) is 76.6 Å². The van der Waals surface area contributed by atoms with E-state index in [0.717, 1.165) is 32.9 Å². The fourth-order valence-electron chi connectivity index (χ4n) is 6.09. The molecule has 10 nitrogen and oxygen atoms in total. The Morgan fingerprint density at radius 2 is 1.91 bits per heavy atom. The Labute approximate surface area is 254 Å². The number of nitrogens with one attached hydrogen (secondary N) is 1. The number of ether oxygens (including phenoxy) is 1. The van der Waals surface area contributed by atoms with E-state index >= 15 is 0 Å². The van der Waals surface area contributed by atoms with Crippen molar-refractivity contribution in [1.29, 1.82) is 0 Å². The lowest BCUT2D eigenvalue weighted by Crippen LogP contribution is -2.42. The number of likely N-dealkylation sites (tertiary alicyclic amines) is 1. The molecule has 2 bridgehead atoms. The second-order valence-electron chi connectivity index (χ2n) is 11.3. The molecule has 11 heteroatoms. The van der Waals surface area contributed by atoms with Crippen LogP contribution < -0.4 is 10.1 Å². The van der Waals surface area contributed by atoms with Gasteiger partial charge in [0.15, 0.2) is 0 Å². The van der Waals surface area contributed by atoms with E-state index < -0.39 is 5.92 Å². The van der Waals surface area contributed by atoms with E-state index in [1.807, 2.05) is 61.0 Å². The summed E-state index contributed by atoms with van der Waals surface area (Å²) in [6.07, 6.45) is 0.996. The number of fused-ring (bicyclic) bond motifs is 5. The molecule has 3 amide bonds. The number of aryl methyl sites for hydroxylation is 3. The number of hydrogen-bond donors (Lipinski definition) is 1. The molecule has 2 atom stereocenters. The van der Waals surface area contributed by atoms with E-state index in [4.69, 9.17) is 4.74 Å². The first-order chi connectivity index (χ1) is 20.9. The first-order valence-corrected chi connectivity index (χ1v) is 15.7. The standard InChI is InChI=1S/C32H36N6O4S/c1-21-15-22(2)38(35-21)12-9-30(39)36-11-4-14-42-25-6-3-5-23(16-25)26-18-37(19-27(26)31(40)33-10-13-36)32(41)24-7-8-28-29(17-24)43-20-34-28/h3,5-8,15-17,20,26-27H,4,9-14,18-19H2,1-2H3,(H,33,40)/t26-,27+/m1/s1. The first kappa shape index (κ1) is 28.9. The zero-order valence-electron chi connectivity index (χ0n) is 24.5. The van der Waals surface area contributed by atoms with Crippen molar-refractivity contribution >= 4 is 39.3 Å². The number of amides is 3. The van der Waals surface area contributed by atoms with Gasteiger partial charge in [0.2, 0.25) is 11.8 Å². The van der Waals surface area contributed by atoms with Crippen LogP contribution in [0.15, 0.2) is 54.0 Å². The molecule has 1 fully saturated rings. The number of carbonyl (C=O) groups is 3. The average Bonchev–Trinajstić information content (AvgIpc) is 3.74. The minimum atomic E-state index is -0.426. The highest BCUT2D eigenvalue weighted by atomic mass is 32.1. The highest BCUT2D eigenvalue weighted by Crippen LogP contribution is 2.35. The lowest BCUT2D eigenvalue weighted by atomic mass is 9.88. The molecule has 4 heterocycles. The van der Waals surface area contributed by atoms with Crippen LogP contribution in [-0.2, 0) is 16.1 Å². The van der Waals surface area contributed by atoms with E-state index in [-0.39, 0.29) is 23.6 Å². The van der Waals surface area contributed by atoms with Gasteiger partial charge in [-0.3, -0.25) is 19.1 Å². The monoisotopic (exact) mass is 600 g/mol. The van der Waals surface area contributed by atoms with Crippen LogP contribution in [0.2, 0.25) is 0 Å². The summed E-state index contributed by atoms with van der Waals surface area (Å²) in [5.74, 6) is -0.0802. The van der Waals surface area contributed by atoms with Gasteiger partial charge in [-0.05, 0) is 62.2 Å². The van der Waals surface area contributed by atoms with Crippen molar-refractivity contribution in [3.63, 3.8) is 0 Å². The number of aromatic nitrogens is 3. The largest absolute Gasteiger partial charge is 0.494 e. The SMILES string of the molecule is Cc1cc(C)n(CCC(=O)N2CCCOc3cccc(c3)[C@H]3CN(C(=O)c4ccc5ncsc5c4)C[C@@H]3C(=O)NCC2)n1. The van der Waals surface area contributed by atoms with Crippen LogP contribution in [0, 0.1) is 19.8 Å². The summed E-state index contributed by atoms with van der Waals surface area (Å²) in [7, 11) is 0. The average molecular weight is 601 g/mol. The Kier molecular flexibility index (Phi) is 8.42. The summed E-state index contributed by atoms with van der Waals surface area (Å²) < 4.78 is 8.90. The van der Waals surface area contributed by atoms with E-state index in [0.29, 0.717) is 64.3 Å². The van der Waals surface area contributed by atoms with Gasteiger partial charge in [0.1, 0.15) is 5.75 Å². The number of carbonyl (C=O) groups excluding carboxylic acids is 3. The van der Waals surface area contributed by atoms with Crippen molar-refractivity contribution < 1.29 is 19.1 Å². The maximum atomic E-state index is 13.6. The number of nitrogens with zero attached hydrogens (tertiary/aromatic N) is 5. The van der Waals surface area contributed by atoms with Crippen LogP contribution in [-0.4, -0.2) is 81.6 Å². The predicted octanol–water partition coefficient (Wildman–Crippen LogP) is 3.78. The van der Waals surface area contributed by atoms with Gasteiger partial charge in [-0.2, -0.15) is 5.10 Å². The zero-order valence-corrected chi connectivity index (χ0v) is 25.3. The van der Waals surface area contributed by atoms with Crippen LogP contribution in [0.5, 0.6) is 5.75 Å². The second-order valence-corrected chi connectivity index (χ2v) is 12.2. The molecular weight excluding hydrogens is 564 g/mol. The smallest absolute Gasteiger partial charge is 0.253 e. The van der Waals surface area contributed by atoms with Crippen molar-refractivity contribution in [2.24, 2.45) is 5.92 Å². The molecule has 2 aromatic carbocycles. The molecule has 2 aliphatic rings. The molecule has 2 aliphatic heterocycles. The van der Waals surface area contributed by atoms with E-state index in [1.54, 1.807) is 21.4 Å². The fourth-order valence-corrected chi connectivity index (χ4v) is 6.81. The summed E-state index contributed by atoms with van der Waals surface area (Å²) >= 11 is 1.50. The Morgan fingerprint density at radius 1 is 1.05 bits per heavy atom.